The number of rotatable bonds is 5. The number of benzene rings is 1. The summed E-state index contributed by atoms with van der Waals surface area (Å²) in [5.41, 5.74) is 2.43. The van der Waals surface area contributed by atoms with Gasteiger partial charge in [0.05, 0.1) is 6.61 Å². The van der Waals surface area contributed by atoms with Crippen LogP contribution in [-0.2, 0) is 18.0 Å². The zero-order valence-corrected chi connectivity index (χ0v) is 13.2. The average Bonchev–Trinajstić information content (AvgIpc) is 2.98. The van der Waals surface area contributed by atoms with Gasteiger partial charge in [-0.1, -0.05) is 5.16 Å². The van der Waals surface area contributed by atoms with Crippen molar-refractivity contribution in [1.29, 1.82) is 0 Å². The first-order valence-corrected chi connectivity index (χ1v) is 7.18. The topological polar surface area (TPSA) is 74.7 Å². The largest absolute Gasteiger partial charge is 0.485 e. The van der Waals surface area contributed by atoms with Crippen LogP contribution in [0.3, 0.4) is 0 Å². The Morgan fingerprint density at radius 3 is 2.74 bits per heavy atom. The fourth-order valence-corrected chi connectivity index (χ4v) is 2.31. The second kappa shape index (κ2) is 6.26. The Morgan fingerprint density at radius 2 is 1.96 bits per heavy atom. The second-order valence-electron chi connectivity index (χ2n) is 5.30. The van der Waals surface area contributed by atoms with E-state index in [1.54, 1.807) is 26.2 Å². The minimum atomic E-state index is -0.327. The van der Waals surface area contributed by atoms with Gasteiger partial charge in [-0.25, -0.2) is 4.79 Å². The highest BCUT2D eigenvalue weighted by Crippen LogP contribution is 2.24. The van der Waals surface area contributed by atoms with Gasteiger partial charge in [-0.15, -0.1) is 0 Å². The third-order valence-electron chi connectivity index (χ3n) is 3.71. The molecule has 0 saturated carbocycles. The summed E-state index contributed by atoms with van der Waals surface area (Å²) in [7, 11) is 1.59. The lowest BCUT2D eigenvalue weighted by atomic mass is 10.1. The summed E-state index contributed by atoms with van der Waals surface area (Å²) in [4.78, 5) is 11.8. The number of hydrogen-bond acceptors (Lipinski definition) is 6. The van der Waals surface area contributed by atoms with Crippen molar-refractivity contribution in [2.45, 2.75) is 27.1 Å². The van der Waals surface area contributed by atoms with Crippen molar-refractivity contribution in [2.75, 3.05) is 7.11 Å². The zero-order chi connectivity index (χ0) is 16.4. The Balaban J connectivity index is 1.80. The monoisotopic (exact) mass is 315 g/mol. The molecule has 1 aromatic carbocycles. The molecule has 0 amide bonds. The number of aromatic nitrogens is 1. The maximum Gasteiger partial charge on any atom is 0.339 e. The fraction of sp³-hybridized carbons (Fsp3) is 0.294. The minimum absolute atomic E-state index is 0.233. The first-order chi connectivity index (χ1) is 11.1. The summed E-state index contributed by atoms with van der Waals surface area (Å²) in [5.74, 6) is 1.19. The molecule has 0 aliphatic carbocycles. The maximum absolute atomic E-state index is 11.8. The zero-order valence-electron chi connectivity index (χ0n) is 13.2. The van der Waals surface area contributed by atoms with Crippen LogP contribution in [0.5, 0.6) is 5.75 Å². The van der Waals surface area contributed by atoms with Gasteiger partial charge in [0.15, 0.2) is 5.76 Å². The van der Waals surface area contributed by atoms with Gasteiger partial charge in [-0.2, -0.15) is 0 Å². The molecule has 0 atom stereocenters. The van der Waals surface area contributed by atoms with Crippen LogP contribution < -0.4 is 10.4 Å². The number of aryl methyl sites for hydroxylation is 1. The summed E-state index contributed by atoms with van der Waals surface area (Å²) in [5, 5.41) is 4.76. The lowest BCUT2D eigenvalue weighted by Crippen LogP contribution is -2.05. The van der Waals surface area contributed by atoms with E-state index in [9.17, 15) is 4.79 Å². The molecule has 6 nitrogen and oxygen atoms in total. The molecule has 0 radical (unpaired) electrons. The lowest BCUT2D eigenvalue weighted by molar-refractivity contribution is 0.176. The summed E-state index contributed by atoms with van der Waals surface area (Å²) in [6.45, 7) is 4.29. The van der Waals surface area contributed by atoms with E-state index in [0.29, 0.717) is 35.0 Å². The third-order valence-corrected chi connectivity index (χ3v) is 3.71. The molecule has 0 spiro atoms. The molecule has 120 valence electrons. The first kappa shape index (κ1) is 15.3. The molecule has 0 unspecified atom stereocenters. The van der Waals surface area contributed by atoms with E-state index >= 15 is 0 Å². The molecular weight excluding hydrogens is 298 g/mol. The van der Waals surface area contributed by atoms with Crippen LogP contribution in [0.15, 0.2) is 38.0 Å². The molecule has 3 rings (SSSR count). The van der Waals surface area contributed by atoms with Crippen molar-refractivity contribution >= 4 is 11.0 Å². The van der Waals surface area contributed by atoms with E-state index in [1.165, 1.54) is 0 Å². The molecule has 2 aromatic heterocycles. The van der Waals surface area contributed by atoms with Crippen molar-refractivity contribution in [2.24, 2.45) is 0 Å². The highest BCUT2D eigenvalue weighted by Gasteiger charge is 2.09. The van der Waals surface area contributed by atoms with Crippen molar-refractivity contribution in [3.8, 4) is 5.75 Å². The molecule has 0 aliphatic rings. The van der Waals surface area contributed by atoms with E-state index in [-0.39, 0.29) is 12.2 Å². The lowest BCUT2D eigenvalue weighted by Gasteiger charge is -2.07. The van der Waals surface area contributed by atoms with Gasteiger partial charge in [0.1, 0.15) is 23.6 Å². The van der Waals surface area contributed by atoms with E-state index < -0.39 is 0 Å². The van der Waals surface area contributed by atoms with Crippen LogP contribution in [-0.4, -0.2) is 12.3 Å². The van der Waals surface area contributed by atoms with Crippen molar-refractivity contribution in [1.82, 2.24) is 5.16 Å². The van der Waals surface area contributed by atoms with Gasteiger partial charge < -0.3 is 18.4 Å². The number of hydrogen-bond donors (Lipinski definition) is 0. The summed E-state index contributed by atoms with van der Waals surface area (Å²) < 4.78 is 21.1. The molecule has 0 N–H and O–H groups in total. The minimum Gasteiger partial charge on any atom is -0.485 e. The van der Waals surface area contributed by atoms with Crippen LogP contribution in [0.4, 0.5) is 0 Å². The van der Waals surface area contributed by atoms with Gasteiger partial charge in [0, 0.05) is 30.2 Å². The summed E-state index contributed by atoms with van der Waals surface area (Å²) in [6, 6.07) is 7.20. The quantitative estimate of drug-likeness (QED) is 0.673. The molecule has 0 saturated heterocycles. The summed E-state index contributed by atoms with van der Waals surface area (Å²) >= 11 is 0. The van der Waals surface area contributed by atoms with Crippen LogP contribution in [0.1, 0.15) is 22.6 Å². The van der Waals surface area contributed by atoms with Crippen LogP contribution in [0, 0.1) is 13.8 Å². The average molecular weight is 315 g/mol. The molecule has 0 bridgehead atoms. The fourth-order valence-electron chi connectivity index (χ4n) is 2.31. The summed E-state index contributed by atoms with van der Waals surface area (Å²) in [6.07, 6.45) is 0. The van der Waals surface area contributed by atoms with Gasteiger partial charge in [-0.05, 0) is 31.5 Å². The van der Waals surface area contributed by atoms with Gasteiger partial charge in [0.25, 0.3) is 0 Å². The van der Waals surface area contributed by atoms with Crippen LogP contribution >= 0.6 is 0 Å². The van der Waals surface area contributed by atoms with Gasteiger partial charge in [0.2, 0.25) is 0 Å². The van der Waals surface area contributed by atoms with E-state index in [2.05, 4.69) is 5.16 Å². The second-order valence-corrected chi connectivity index (χ2v) is 5.30. The Morgan fingerprint density at radius 1 is 1.13 bits per heavy atom. The highest BCUT2D eigenvalue weighted by molar-refractivity contribution is 5.82. The smallest absolute Gasteiger partial charge is 0.339 e. The number of nitrogens with zero attached hydrogens (tertiary/aromatic N) is 1. The van der Waals surface area contributed by atoms with Crippen LogP contribution in [0.2, 0.25) is 0 Å². The Bertz CT molecular complexity index is 894. The SMILES string of the molecule is COCc1cc(COc2ccc3c(C)c(C)c(=O)oc3c2)on1. The first-order valence-electron chi connectivity index (χ1n) is 7.18. The van der Waals surface area contributed by atoms with E-state index in [1.807, 2.05) is 19.1 Å². The molecular formula is C17H17NO5. The maximum atomic E-state index is 11.8. The predicted octanol–water partition coefficient (Wildman–Crippen LogP) is 3.12. The normalized spacial score (nSPS) is 11.1. The molecule has 6 heteroatoms. The predicted molar refractivity (Wildman–Crippen MR) is 83.5 cm³/mol. The van der Waals surface area contributed by atoms with E-state index in [4.69, 9.17) is 18.4 Å². The highest BCUT2D eigenvalue weighted by atomic mass is 16.5. The Labute approximate surface area is 132 Å². The number of fused-ring (bicyclic) bond motifs is 1. The molecule has 3 aromatic rings. The number of methoxy groups -OCH3 is 1. The molecule has 2 heterocycles. The molecule has 0 aliphatic heterocycles. The van der Waals surface area contributed by atoms with Crippen molar-refractivity contribution < 1.29 is 18.4 Å². The Hall–Kier alpha value is -2.60. The molecule has 0 fully saturated rings. The van der Waals surface area contributed by atoms with Crippen LogP contribution in [0.25, 0.3) is 11.0 Å². The molecule has 23 heavy (non-hydrogen) atoms. The standard InChI is InChI=1S/C17H17NO5/c1-10-11(2)17(19)22-16-7-13(4-5-15(10)16)21-9-14-6-12(8-20-3)18-23-14/h4-7H,8-9H2,1-3H3. The van der Waals surface area contributed by atoms with E-state index in [0.717, 1.165) is 10.9 Å². The number of ether oxygens (including phenoxy) is 2. The third kappa shape index (κ3) is 3.12. The van der Waals surface area contributed by atoms with Crippen molar-refractivity contribution in [3.63, 3.8) is 0 Å². The van der Waals surface area contributed by atoms with Gasteiger partial charge in [-0.3, -0.25) is 0 Å². The Kier molecular flexibility index (Phi) is 4.16. The van der Waals surface area contributed by atoms with Gasteiger partial charge >= 0.3 is 5.63 Å². The van der Waals surface area contributed by atoms with Crippen molar-refractivity contribution in [3.05, 3.63) is 57.3 Å².